The van der Waals surface area contributed by atoms with Gasteiger partial charge < -0.3 is 10.0 Å². The standard InChI is InChI=1S/C14H17F2NO3/c1-3-17(8-9(2)14(19)20)13(18)7-10-4-5-11(15)12(16)6-10/h4-6,9H,3,7-8H2,1-2H3,(H,19,20). The average molecular weight is 285 g/mol. The van der Waals surface area contributed by atoms with E-state index in [1.807, 2.05) is 0 Å². The minimum absolute atomic E-state index is 0.0859. The van der Waals surface area contributed by atoms with Crippen LogP contribution in [-0.4, -0.2) is 35.0 Å². The van der Waals surface area contributed by atoms with Crippen molar-refractivity contribution >= 4 is 11.9 Å². The highest BCUT2D eigenvalue weighted by Gasteiger charge is 2.19. The lowest BCUT2D eigenvalue weighted by Crippen LogP contribution is -2.37. The molecule has 0 aliphatic carbocycles. The number of halogens is 2. The minimum atomic E-state index is -1.00. The maximum Gasteiger partial charge on any atom is 0.308 e. The molecule has 0 aliphatic heterocycles. The first-order valence-corrected chi connectivity index (χ1v) is 6.29. The van der Waals surface area contributed by atoms with E-state index in [1.54, 1.807) is 6.92 Å². The first-order chi connectivity index (χ1) is 9.35. The maximum absolute atomic E-state index is 13.1. The minimum Gasteiger partial charge on any atom is -0.481 e. The van der Waals surface area contributed by atoms with Gasteiger partial charge in [-0.05, 0) is 24.6 Å². The van der Waals surface area contributed by atoms with Crippen LogP contribution in [0.25, 0.3) is 0 Å². The molecule has 0 aliphatic rings. The van der Waals surface area contributed by atoms with E-state index in [0.29, 0.717) is 12.1 Å². The Morgan fingerprint density at radius 2 is 1.95 bits per heavy atom. The van der Waals surface area contributed by atoms with Crippen molar-refractivity contribution in [3.8, 4) is 0 Å². The topological polar surface area (TPSA) is 57.6 Å². The van der Waals surface area contributed by atoms with Crippen molar-refractivity contribution in [3.63, 3.8) is 0 Å². The summed E-state index contributed by atoms with van der Waals surface area (Å²) in [6, 6.07) is 3.28. The number of amides is 1. The Kier molecular flexibility index (Phi) is 5.61. The molecule has 4 nitrogen and oxygen atoms in total. The summed E-state index contributed by atoms with van der Waals surface area (Å²) in [6.07, 6.45) is -0.0859. The Bertz CT molecular complexity index is 505. The molecule has 1 atom stereocenters. The summed E-state index contributed by atoms with van der Waals surface area (Å²) in [5, 5.41) is 8.84. The maximum atomic E-state index is 13.1. The second kappa shape index (κ2) is 6.98. The molecular weight excluding hydrogens is 268 g/mol. The third-order valence-corrected chi connectivity index (χ3v) is 2.99. The van der Waals surface area contributed by atoms with Gasteiger partial charge in [-0.2, -0.15) is 0 Å². The monoisotopic (exact) mass is 285 g/mol. The largest absolute Gasteiger partial charge is 0.481 e. The number of benzene rings is 1. The Hall–Kier alpha value is -1.98. The van der Waals surface area contributed by atoms with Gasteiger partial charge in [0.25, 0.3) is 0 Å². The molecule has 0 aromatic heterocycles. The van der Waals surface area contributed by atoms with Gasteiger partial charge in [0.05, 0.1) is 12.3 Å². The Labute approximate surface area is 116 Å². The molecule has 0 fully saturated rings. The molecule has 1 rings (SSSR count). The fourth-order valence-electron chi connectivity index (χ4n) is 1.75. The van der Waals surface area contributed by atoms with Gasteiger partial charge >= 0.3 is 5.97 Å². The molecule has 1 N–H and O–H groups in total. The van der Waals surface area contributed by atoms with Crippen LogP contribution in [0.15, 0.2) is 18.2 Å². The van der Waals surface area contributed by atoms with E-state index in [-0.39, 0.29) is 18.9 Å². The first kappa shape index (κ1) is 16.1. The molecule has 0 bridgehead atoms. The van der Waals surface area contributed by atoms with Crippen molar-refractivity contribution in [2.24, 2.45) is 5.92 Å². The predicted molar refractivity (Wildman–Crippen MR) is 69.1 cm³/mol. The van der Waals surface area contributed by atoms with Crippen LogP contribution in [0, 0.1) is 17.6 Å². The summed E-state index contributed by atoms with van der Waals surface area (Å²) >= 11 is 0. The van der Waals surface area contributed by atoms with Gasteiger partial charge in [-0.3, -0.25) is 9.59 Å². The summed E-state index contributed by atoms with van der Waals surface area (Å²) in [6.45, 7) is 3.70. The van der Waals surface area contributed by atoms with Gasteiger partial charge in [0.15, 0.2) is 11.6 Å². The molecule has 0 spiro atoms. The van der Waals surface area contributed by atoms with Crippen LogP contribution >= 0.6 is 0 Å². The number of hydrogen-bond acceptors (Lipinski definition) is 2. The molecule has 6 heteroatoms. The lowest BCUT2D eigenvalue weighted by molar-refractivity contribution is -0.142. The van der Waals surface area contributed by atoms with Crippen LogP contribution in [0.3, 0.4) is 0 Å². The summed E-state index contributed by atoms with van der Waals surface area (Å²) in [4.78, 5) is 24.2. The van der Waals surface area contributed by atoms with E-state index >= 15 is 0 Å². The van der Waals surface area contributed by atoms with Crippen molar-refractivity contribution in [2.45, 2.75) is 20.3 Å². The molecule has 0 radical (unpaired) electrons. The number of aliphatic carboxylic acids is 1. The van der Waals surface area contributed by atoms with Gasteiger partial charge in [0, 0.05) is 13.1 Å². The summed E-state index contributed by atoms with van der Waals surface area (Å²) < 4.78 is 25.8. The highest BCUT2D eigenvalue weighted by molar-refractivity contribution is 5.79. The van der Waals surface area contributed by atoms with Gasteiger partial charge in [-0.1, -0.05) is 13.0 Å². The highest BCUT2D eigenvalue weighted by Crippen LogP contribution is 2.11. The summed E-state index contributed by atoms with van der Waals surface area (Å²) in [7, 11) is 0. The first-order valence-electron chi connectivity index (χ1n) is 6.29. The number of hydrogen-bond donors (Lipinski definition) is 1. The Morgan fingerprint density at radius 3 is 2.45 bits per heavy atom. The third-order valence-electron chi connectivity index (χ3n) is 2.99. The summed E-state index contributed by atoms with van der Waals surface area (Å²) in [5.41, 5.74) is 0.357. The van der Waals surface area contributed by atoms with E-state index in [1.165, 1.54) is 17.9 Å². The van der Waals surface area contributed by atoms with Crippen LogP contribution in [0.4, 0.5) is 8.78 Å². The molecule has 0 saturated carbocycles. The molecule has 110 valence electrons. The zero-order chi connectivity index (χ0) is 15.3. The van der Waals surface area contributed by atoms with E-state index in [4.69, 9.17) is 5.11 Å². The van der Waals surface area contributed by atoms with Crippen LogP contribution < -0.4 is 0 Å². The zero-order valence-electron chi connectivity index (χ0n) is 11.4. The van der Waals surface area contributed by atoms with E-state index in [0.717, 1.165) is 12.1 Å². The van der Waals surface area contributed by atoms with Crippen LogP contribution in [0.1, 0.15) is 19.4 Å². The number of carboxylic acid groups (broad SMARTS) is 1. The summed E-state index contributed by atoms with van der Waals surface area (Å²) in [5.74, 6) is -3.94. The molecular formula is C14H17F2NO3. The highest BCUT2D eigenvalue weighted by atomic mass is 19.2. The predicted octanol–water partition coefficient (Wildman–Crippen LogP) is 2.08. The van der Waals surface area contributed by atoms with Gasteiger partial charge in [0.2, 0.25) is 5.91 Å². The van der Waals surface area contributed by atoms with Crippen LogP contribution in [0.5, 0.6) is 0 Å². The number of carboxylic acids is 1. The Balaban J connectivity index is 2.72. The number of carbonyl (C=O) groups excluding carboxylic acids is 1. The molecule has 1 amide bonds. The van der Waals surface area contributed by atoms with Crippen molar-refractivity contribution < 1.29 is 23.5 Å². The normalized spacial score (nSPS) is 12.0. The number of carbonyl (C=O) groups is 2. The third kappa shape index (κ3) is 4.29. The fraction of sp³-hybridized carbons (Fsp3) is 0.429. The fourth-order valence-corrected chi connectivity index (χ4v) is 1.75. The lowest BCUT2D eigenvalue weighted by atomic mass is 10.1. The van der Waals surface area contributed by atoms with Crippen molar-refractivity contribution in [3.05, 3.63) is 35.4 Å². The molecule has 1 unspecified atom stereocenters. The van der Waals surface area contributed by atoms with Gasteiger partial charge in [-0.15, -0.1) is 0 Å². The Morgan fingerprint density at radius 1 is 1.30 bits per heavy atom. The number of likely N-dealkylation sites (N-methyl/N-ethyl adjacent to an activating group) is 1. The van der Waals surface area contributed by atoms with Gasteiger partial charge in [0.1, 0.15) is 0 Å². The smallest absolute Gasteiger partial charge is 0.308 e. The molecule has 1 aromatic rings. The van der Waals surface area contributed by atoms with E-state index < -0.39 is 23.5 Å². The SMILES string of the molecule is CCN(CC(C)C(=O)O)C(=O)Cc1ccc(F)c(F)c1. The second-order valence-corrected chi connectivity index (χ2v) is 4.60. The zero-order valence-corrected chi connectivity index (χ0v) is 11.4. The van der Waals surface area contributed by atoms with Crippen LogP contribution in [0.2, 0.25) is 0 Å². The molecule has 1 aromatic carbocycles. The average Bonchev–Trinajstić information content (AvgIpc) is 2.39. The van der Waals surface area contributed by atoms with Gasteiger partial charge in [-0.25, -0.2) is 8.78 Å². The molecule has 20 heavy (non-hydrogen) atoms. The quantitative estimate of drug-likeness (QED) is 0.870. The van der Waals surface area contributed by atoms with Crippen molar-refractivity contribution in [1.29, 1.82) is 0 Å². The van der Waals surface area contributed by atoms with Crippen molar-refractivity contribution in [2.75, 3.05) is 13.1 Å². The van der Waals surface area contributed by atoms with E-state index in [9.17, 15) is 18.4 Å². The molecule has 0 saturated heterocycles. The van der Waals surface area contributed by atoms with E-state index in [2.05, 4.69) is 0 Å². The molecule has 0 heterocycles. The van der Waals surface area contributed by atoms with Crippen LogP contribution in [-0.2, 0) is 16.0 Å². The second-order valence-electron chi connectivity index (χ2n) is 4.60. The lowest BCUT2D eigenvalue weighted by Gasteiger charge is -2.23. The van der Waals surface area contributed by atoms with Crippen molar-refractivity contribution in [1.82, 2.24) is 4.90 Å². The number of nitrogens with zero attached hydrogens (tertiary/aromatic N) is 1. The number of rotatable bonds is 6.